The van der Waals surface area contributed by atoms with Crippen molar-refractivity contribution in [2.75, 3.05) is 0 Å². The van der Waals surface area contributed by atoms with Gasteiger partial charge in [-0.1, -0.05) is 59.8 Å². The van der Waals surface area contributed by atoms with Crippen molar-refractivity contribution in [1.29, 1.82) is 0 Å². The van der Waals surface area contributed by atoms with Crippen molar-refractivity contribution in [2.24, 2.45) is 0 Å². The second-order valence-corrected chi connectivity index (χ2v) is 4.94. The van der Waals surface area contributed by atoms with Gasteiger partial charge in [0.2, 0.25) is 0 Å². The first-order chi connectivity index (χ1) is 10.9. The van der Waals surface area contributed by atoms with E-state index >= 15 is 0 Å². The number of rotatable bonds is 3. The molecule has 0 aliphatic rings. The molecule has 0 bridgehead atoms. The van der Waals surface area contributed by atoms with Gasteiger partial charge in [-0.2, -0.15) is 11.2 Å². The molecule has 0 aliphatic heterocycles. The summed E-state index contributed by atoms with van der Waals surface area (Å²) in [5.74, 6) is 0.746. The molecule has 4 aromatic rings. The molecule has 0 N–H and O–H groups in total. The van der Waals surface area contributed by atoms with Crippen molar-refractivity contribution in [2.45, 2.75) is 6.67 Å². The number of fused-ring (bicyclic) bond motifs is 1. The van der Waals surface area contributed by atoms with Gasteiger partial charge in [0.05, 0.1) is 11.7 Å². The zero-order valence-corrected chi connectivity index (χ0v) is 13.6. The fourth-order valence-corrected chi connectivity index (χ4v) is 2.53. The molecule has 2 aromatic heterocycles. The van der Waals surface area contributed by atoms with Gasteiger partial charge in [0.25, 0.3) is 0 Å². The number of para-hydroxylation sites is 1. The van der Waals surface area contributed by atoms with E-state index in [9.17, 15) is 4.39 Å². The Bertz CT molecular complexity index is 931. The Labute approximate surface area is 145 Å². The molecule has 2 heterocycles. The number of halogens is 1. The molecule has 0 saturated carbocycles. The zero-order chi connectivity index (χ0) is 14.9. The molecule has 5 heteroatoms. The molecule has 0 unspecified atom stereocenters. The van der Waals surface area contributed by atoms with Crippen molar-refractivity contribution >= 4 is 10.9 Å². The molecule has 117 valence electrons. The number of hydrogen-bond acceptors (Lipinski definition) is 2. The first-order valence-corrected chi connectivity index (χ1v) is 6.96. The Morgan fingerprint density at radius 2 is 1.78 bits per heavy atom. The summed E-state index contributed by atoms with van der Waals surface area (Å²) in [5.41, 5.74) is 2.43. The van der Waals surface area contributed by atoms with E-state index in [4.69, 9.17) is 4.42 Å². The third kappa shape index (κ3) is 2.73. The van der Waals surface area contributed by atoms with E-state index in [2.05, 4.69) is 11.2 Å². The van der Waals surface area contributed by atoms with Gasteiger partial charge in [-0.25, -0.2) is 4.39 Å². The van der Waals surface area contributed by atoms with Crippen LogP contribution in [0.5, 0.6) is 0 Å². The van der Waals surface area contributed by atoms with E-state index in [1.165, 1.54) is 0 Å². The Morgan fingerprint density at radius 3 is 2.57 bits per heavy atom. The number of benzene rings is 2. The summed E-state index contributed by atoms with van der Waals surface area (Å²) in [5, 5.41) is 5.41. The Balaban J connectivity index is 0.00000156. The molecular formula is C18H12FN2ORh-. The van der Waals surface area contributed by atoms with Crippen LogP contribution in [0.4, 0.5) is 4.39 Å². The molecule has 23 heavy (non-hydrogen) atoms. The third-order valence-electron chi connectivity index (χ3n) is 3.54. The smallest absolute Gasteiger partial charge is 0.127 e. The van der Waals surface area contributed by atoms with Crippen LogP contribution in [-0.4, -0.2) is 9.78 Å². The van der Waals surface area contributed by atoms with E-state index in [1.54, 1.807) is 10.9 Å². The molecule has 0 aliphatic carbocycles. The van der Waals surface area contributed by atoms with Crippen LogP contribution in [0.25, 0.3) is 27.9 Å². The molecule has 0 amide bonds. The van der Waals surface area contributed by atoms with Gasteiger partial charge in [-0.05, 0) is 6.07 Å². The number of furan rings is 1. The first-order valence-electron chi connectivity index (χ1n) is 6.96. The average molecular weight is 394 g/mol. The van der Waals surface area contributed by atoms with E-state index in [0.717, 1.165) is 16.5 Å². The SMILES string of the molecule is FCc1[c-]c(-n2ncc3ccccc32)c(-c2ccccc2)o1.[Rh]. The Kier molecular flexibility index (Phi) is 4.40. The monoisotopic (exact) mass is 394 g/mol. The minimum Gasteiger partial charge on any atom is -0.561 e. The van der Waals surface area contributed by atoms with Crippen LogP contribution in [0.2, 0.25) is 0 Å². The van der Waals surface area contributed by atoms with Crippen LogP contribution in [0.1, 0.15) is 5.76 Å². The number of hydrogen-bond donors (Lipinski definition) is 0. The summed E-state index contributed by atoms with van der Waals surface area (Å²) in [7, 11) is 0. The van der Waals surface area contributed by atoms with E-state index in [1.807, 2.05) is 54.6 Å². The largest absolute Gasteiger partial charge is 0.561 e. The van der Waals surface area contributed by atoms with Gasteiger partial charge in [-0.3, -0.25) is 4.68 Å². The molecule has 1 radical (unpaired) electrons. The van der Waals surface area contributed by atoms with Crippen molar-refractivity contribution < 1.29 is 28.3 Å². The quantitative estimate of drug-likeness (QED) is 0.377. The second kappa shape index (κ2) is 6.47. The third-order valence-corrected chi connectivity index (χ3v) is 3.54. The minimum absolute atomic E-state index is 0. The molecule has 4 rings (SSSR count). The molecule has 0 fully saturated rings. The van der Waals surface area contributed by atoms with Crippen LogP contribution in [0.3, 0.4) is 0 Å². The van der Waals surface area contributed by atoms with E-state index < -0.39 is 6.67 Å². The van der Waals surface area contributed by atoms with Crippen LogP contribution >= 0.6 is 0 Å². The molecule has 0 spiro atoms. The number of alkyl halides is 1. The molecule has 2 aromatic carbocycles. The summed E-state index contributed by atoms with van der Waals surface area (Å²) < 4.78 is 20.4. The van der Waals surface area contributed by atoms with Gasteiger partial charge in [-0.15, -0.1) is 0 Å². The molecule has 0 saturated heterocycles. The predicted octanol–water partition coefficient (Wildman–Crippen LogP) is 4.55. The summed E-state index contributed by atoms with van der Waals surface area (Å²) in [4.78, 5) is 0. The normalized spacial score (nSPS) is 10.7. The summed E-state index contributed by atoms with van der Waals surface area (Å²) >= 11 is 0. The maximum absolute atomic E-state index is 13.0. The zero-order valence-electron chi connectivity index (χ0n) is 12.0. The van der Waals surface area contributed by atoms with Gasteiger partial charge in [0.1, 0.15) is 6.67 Å². The van der Waals surface area contributed by atoms with E-state index in [-0.39, 0.29) is 25.2 Å². The van der Waals surface area contributed by atoms with Crippen LogP contribution in [0, 0.1) is 6.07 Å². The average Bonchev–Trinajstić information content (AvgIpc) is 3.19. The standard InChI is InChI=1S/C18H12FN2O.Rh/c19-11-15-10-17(18(22-15)13-6-2-1-3-7-13)21-16-9-5-4-8-14(16)12-20-21;/h1-9,12H,11H2;/q-1;. The van der Waals surface area contributed by atoms with Crippen LogP contribution < -0.4 is 0 Å². The van der Waals surface area contributed by atoms with Crippen molar-refractivity contribution in [3.8, 4) is 17.0 Å². The van der Waals surface area contributed by atoms with Gasteiger partial charge >= 0.3 is 0 Å². The molecule has 3 nitrogen and oxygen atoms in total. The minimum atomic E-state index is -0.695. The maximum atomic E-state index is 13.0. The summed E-state index contributed by atoms with van der Waals surface area (Å²) in [6, 6.07) is 20.4. The van der Waals surface area contributed by atoms with Crippen molar-refractivity contribution in [1.82, 2.24) is 9.78 Å². The van der Waals surface area contributed by atoms with Gasteiger partial charge in [0.15, 0.2) is 0 Å². The van der Waals surface area contributed by atoms with Crippen LogP contribution in [-0.2, 0) is 26.2 Å². The second-order valence-electron chi connectivity index (χ2n) is 4.94. The summed E-state index contributed by atoms with van der Waals surface area (Å²) in [6.07, 6.45) is 1.78. The Morgan fingerprint density at radius 1 is 1.04 bits per heavy atom. The predicted molar refractivity (Wildman–Crippen MR) is 82.4 cm³/mol. The Hall–Kier alpha value is -2.26. The molecular weight excluding hydrogens is 382 g/mol. The summed E-state index contributed by atoms with van der Waals surface area (Å²) in [6.45, 7) is -0.695. The van der Waals surface area contributed by atoms with Crippen molar-refractivity contribution in [3.05, 3.63) is 72.6 Å². The maximum Gasteiger partial charge on any atom is 0.127 e. The number of aromatic nitrogens is 2. The van der Waals surface area contributed by atoms with Gasteiger partial charge < -0.3 is 4.42 Å². The first kappa shape index (κ1) is 15.6. The topological polar surface area (TPSA) is 31.0 Å². The fraction of sp³-hybridized carbons (Fsp3) is 0.0556. The fourth-order valence-electron chi connectivity index (χ4n) is 2.53. The van der Waals surface area contributed by atoms with Gasteiger partial charge in [0, 0.05) is 36.4 Å². The van der Waals surface area contributed by atoms with Crippen molar-refractivity contribution in [3.63, 3.8) is 0 Å². The van der Waals surface area contributed by atoms with E-state index in [0.29, 0.717) is 11.4 Å². The van der Waals surface area contributed by atoms with Crippen LogP contribution in [0.15, 0.2) is 65.2 Å². The number of nitrogens with zero attached hydrogens (tertiary/aromatic N) is 2. The molecule has 0 atom stereocenters.